The van der Waals surface area contributed by atoms with Crippen LogP contribution in [-0.2, 0) is 6.42 Å². The van der Waals surface area contributed by atoms with Gasteiger partial charge < -0.3 is 0 Å². The molecule has 0 saturated heterocycles. The number of rotatable bonds is 6. The number of benzene rings is 1. The zero-order valence-corrected chi connectivity index (χ0v) is 14.6. The van der Waals surface area contributed by atoms with E-state index in [2.05, 4.69) is 27.5 Å². The standard InChI is InChI=1S/C16H16ClN5OS/c1-2-3-4-14-20-21-16(24-14)19-15(23)11-9-18-22(10-11)13-7-5-12(17)6-8-13/h5-10H,2-4H2,1H3,(H,19,21,23). The quantitative estimate of drug-likeness (QED) is 0.720. The van der Waals surface area contributed by atoms with Gasteiger partial charge in [0.05, 0.1) is 17.4 Å². The average molecular weight is 362 g/mol. The first-order valence-corrected chi connectivity index (χ1v) is 8.79. The molecule has 1 amide bonds. The van der Waals surface area contributed by atoms with Gasteiger partial charge in [-0.2, -0.15) is 5.10 Å². The van der Waals surface area contributed by atoms with Crippen molar-refractivity contribution in [3.05, 3.63) is 52.3 Å². The molecule has 0 atom stereocenters. The van der Waals surface area contributed by atoms with Gasteiger partial charge in [-0.25, -0.2) is 4.68 Å². The summed E-state index contributed by atoms with van der Waals surface area (Å²) in [5.74, 6) is -0.256. The van der Waals surface area contributed by atoms with Gasteiger partial charge in [0.15, 0.2) is 0 Å². The van der Waals surface area contributed by atoms with E-state index < -0.39 is 0 Å². The molecule has 2 heterocycles. The first-order chi connectivity index (χ1) is 11.7. The molecule has 1 aromatic carbocycles. The number of aryl methyl sites for hydroxylation is 1. The summed E-state index contributed by atoms with van der Waals surface area (Å²) in [6.45, 7) is 2.13. The number of carbonyl (C=O) groups is 1. The highest BCUT2D eigenvalue weighted by Gasteiger charge is 2.12. The predicted molar refractivity (Wildman–Crippen MR) is 95.0 cm³/mol. The van der Waals surface area contributed by atoms with E-state index in [1.54, 1.807) is 23.0 Å². The molecule has 1 N–H and O–H groups in total. The van der Waals surface area contributed by atoms with Crippen LogP contribution >= 0.6 is 22.9 Å². The fraction of sp³-hybridized carbons (Fsp3) is 0.250. The SMILES string of the molecule is CCCCc1nnc(NC(=O)c2cnn(-c3ccc(Cl)cc3)c2)s1. The maximum Gasteiger partial charge on any atom is 0.260 e. The molecule has 0 bridgehead atoms. The Hall–Kier alpha value is -2.25. The number of hydrogen-bond donors (Lipinski definition) is 1. The minimum atomic E-state index is -0.256. The molecule has 0 aliphatic rings. The zero-order valence-electron chi connectivity index (χ0n) is 13.1. The van der Waals surface area contributed by atoms with Gasteiger partial charge >= 0.3 is 0 Å². The number of nitrogens with one attached hydrogen (secondary N) is 1. The number of hydrogen-bond acceptors (Lipinski definition) is 5. The molecule has 124 valence electrons. The minimum Gasteiger partial charge on any atom is -0.296 e. The summed E-state index contributed by atoms with van der Waals surface area (Å²) < 4.78 is 1.62. The van der Waals surface area contributed by atoms with Gasteiger partial charge in [0.25, 0.3) is 5.91 Å². The molecule has 0 unspecified atom stereocenters. The molecular weight excluding hydrogens is 346 g/mol. The van der Waals surface area contributed by atoms with E-state index in [0.717, 1.165) is 30.0 Å². The number of carbonyl (C=O) groups excluding carboxylic acids is 1. The van der Waals surface area contributed by atoms with Crippen LogP contribution in [-0.4, -0.2) is 25.9 Å². The third-order valence-corrected chi connectivity index (χ3v) is 4.52. The third kappa shape index (κ3) is 3.98. The van der Waals surface area contributed by atoms with E-state index >= 15 is 0 Å². The third-order valence-electron chi connectivity index (χ3n) is 3.37. The maximum atomic E-state index is 12.3. The van der Waals surface area contributed by atoms with Crippen molar-refractivity contribution in [3.63, 3.8) is 0 Å². The highest BCUT2D eigenvalue weighted by molar-refractivity contribution is 7.15. The average Bonchev–Trinajstić information content (AvgIpc) is 3.23. The van der Waals surface area contributed by atoms with Crippen LogP contribution in [0.3, 0.4) is 0 Å². The summed E-state index contributed by atoms with van der Waals surface area (Å²) in [5, 5.41) is 17.1. The molecule has 0 saturated carbocycles. The zero-order chi connectivity index (χ0) is 16.9. The van der Waals surface area contributed by atoms with Crippen LogP contribution in [0, 0.1) is 0 Å². The Bertz CT molecular complexity index is 827. The summed E-state index contributed by atoms with van der Waals surface area (Å²) in [6.07, 6.45) is 6.24. The summed E-state index contributed by atoms with van der Waals surface area (Å²) in [4.78, 5) is 12.3. The molecule has 3 aromatic rings. The highest BCUT2D eigenvalue weighted by Crippen LogP contribution is 2.18. The Balaban J connectivity index is 1.67. The molecule has 0 spiro atoms. The Morgan fingerprint density at radius 1 is 1.29 bits per heavy atom. The first kappa shape index (κ1) is 16.6. The van der Waals surface area contributed by atoms with Crippen LogP contribution in [0.1, 0.15) is 35.1 Å². The van der Waals surface area contributed by atoms with Crippen molar-refractivity contribution >= 4 is 34.0 Å². The topological polar surface area (TPSA) is 72.7 Å². The Morgan fingerprint density at radius 3 is 2.83 bits per heavy atom. The lowest BCUT2D eigenvalue weighted by Crippen LogP contribution is -2.10. The van der Waals surface area contributed by atoms with Crippen molar-refractivity contribution in [3.8, 4) is 5.69 Å². The molecule has 8 heteroatoms. The van der Waals surface area contributed by atoms with E-state index in [9.17, 15) is 4.79 Å². The van der Waals surface area contributed by atoms with Gasteiger partial charge in [-0.15, -0.1) is 10.2 Å². The van der Waals surface area contributed by atoms with Crippen molar-refractivity contribution in [2.45, 2.75) is 26.2 Å². The Morgan fingerprint density at radius 2 is 2.08 bits per heavy atom. The molecule has 0 aliphatic heterocycles. The van der Waals surface area contributed by atoms with E-state index in [4.69, 9.17) is 11.6 Å². The molecule has 6 nitrogen and oxygen atoms in total. The number of halogens is 1. The molecule has 24 heavy (non-hydrogen) atoms. The summed E-state index contributed by atoms with van der Waals surface area (Å²) >= 11 is 7.28. The van der Waals surface area contributed by atoms with Gasteiger partial charge in [0, 0.05) is 17.6 Å². The Kier molecular flexibility index (Phi) is 5.22. The van der Waals surface area contributed by atoms with Crippen molar-refractivity contribution < 1.29 is 4.79 Å². The molecule has 2 aromatic heterocycles. The molecule has 0 radical (unpaired) electrons. The smallest absolute Gasteiger partial charge is 0.260 e. The molecular formula is C16H16ClN5OS. The summed E-state index contributed by atoms with van der Waals surface area (Å²) in [6, 6.07) is 7.22. The van der Waals surface area contributed by atoms with Crippen molar-refractivity contribution in [1.82, 2.24) is 20.0 Å². The number of nitrogens with zero attached hydrogens (tertiary/aromatic N) is 4. The number of unbranched alkanes of at least 4 members (excludes halogenated alkanes) is 1. The van der Waals surface area contributed by atoms with Gasteiger partial charge in [-0.1, -0.05) is 36.3 Å². The fourth-order valence-corrected chi connectivity index (χ4v) is 2.98. The number of anilines is 1. The fourth-order valence-electron chi connectivity index (χ4n) is 2.08. The number of aromatic nitrogens is 4. The first-order valence-electron chi connectivity index (χ1n) is 7.60. The van der Waals surface area contributed by atoms with Gasteiger partial charge in [0.2, 0.25) is 5.13 Å². The van der Waals surface area contributed by atoms with Crippen LogP contribution in [0.25, 0.3) is 5.69 Å². The molecule has 0 aliphatic carbocycles. The lowest BCUT2D eigenvalue weighted by atomic mass is 10.3. The van der Waals surface area contributed by atoms with Crippen molar-refractivity contribution in [1.29, 1.82) is 0 Å². The van der Waals surface area contributed by atoms with E-state index in [1.807, 2.05) is 12.1 Å². The Labute approximate surface area is 148 Å². The largest absolute Gasteiger partial charge is 0.296 e. The van der Waals surface area contributed by atoms with Crippen LogP contribution in [0.15, 0.2) is 36.7 Å². The van der Waals surface area contributed by atoms with Gasteiger partial charge in [0.1, 0.15) is 5.01 Å². The minimum absolute atomic E-state index is 0.256. The monoisotopic (exact) mass is 361 g/mol. The maximum absolute atomic E-state index is 12.3. The highest BCUT2D eigenvalue weighted by atomic mass is 35.5. The van der Waals surface area contributed by atoms with Gasteiger partial charge in [-0.05, 0) is 30.7 Å². The lowest BCUT2D eigenvalue weighted by Gasteiger charge is -2.00. The van der Waals surface area contributed by atoms with Crippen molar-refractivity contribution in [2.24, 2.45) is 0 Å². The van der Waals surface area contributed by atoms with E-state index in [1.165, 1.54) is 17.5 Å². The summed E-state index contributed by atoms with van der Waals surface area (Å²) in [7, 11) is 0. The van der Waals surface area contributed by atoms with Crippen LogP contribution in [0.2, 0.25) is 5.02 Å². The number of amides is 1. The normalized spacial score (nSPS) is 10.8. The second-order valence-electron chi connectivity index (χ2n) is 5.21. The molecule has 0 fully saturated rings. The second kappa shape index (κ2) is 7.55. The van der Waals surface area contributed by atoms with Crippen LogP contribution in [0.4, 0.5) is 5.13 Å². The lowest BCUT2D eigenvalue weighted by molar-refractivity contribution is 0.102. The van der Waals surface area contributed by atoms with Gasteiger partial charge in [-0.3, -0.25) is 10.1 Å². The molecule has 3 rings (SSSR count). The van der Waals surface area contributed by atoms with Crippen LogP contribution in [0.5, 0.6) is 0 Å². The van der Waals surface area contributed by atoms with Crippen LogP contribution < -0.4 is 5.32 Å². The predicted octanol–water partition coefficient (Wildman–Crippen LogP) is 3.97. The van der Waals surface area contributed by atoms with Crippen molar-refractivity contribution in [2.75, 3.05) is 5.32 Å². The van der Waals surface area contributed by atoms with E-state index in [-0.39, 0.29) is 5.91 Å². The van der Waals surface area contributed by atoms with E-state index in [0.29, 0.717) is 15.7 Å². The second-order valence-corrected chi connectivity index (χ2v) is 6.71. The summed E-state index contributed by atoms with van der Waals surface area (Å²) in [5.41, 5.74) is 1.28.